The van der Waals surface area contributed by atoms with E-state index in [1.165, 1.54) is 0 Å². The van der Waals surface area contributed by atoms with Gasteiger partial charge in [0, 0.05) is 11.8 Å². The highest BCUT2D eigenvalue weighted by atomic mass is 35.5. The first-order valence-electron chi connectivity index (χ1n) is 6.59. The van der Waals surface area contributed by atoms with Gasteiger partial charge in [0.2, 0.25) is 0 Å². The molecule has 2 rings (SSSR count). The van der Waals surface area contributed by atoms with Crippen molar-refractivity contribution in [1.82, 2.24) is 4.98 Å². The molecule has 2 aromatic rings. The van der Waals surface area contributed by atoms with E-state index in [-0.39, 0.29) is 19.0 Å². The van der Waals surface area contributed by atoms with E-state index in [4.69, 9.17) is 25.8 Å². The molecule has 116 valence electrons. The molecular weight excluding hydrogens is 306 g/mol. The van der Waals surface area contributed by atoms with Gasteiger partial charge in [0.25, 0.3) is 0 Å². The summed E-state index contributed by atoms with van der Waals surface area (Å²) in [7, 11) is 3.11. The van der Waals surface area contributed by atoms with E-state index in [9.17, 15) is 4.79 Å². The predicted octanol–water partition coefficient (Wildman–Crippen LogP) is 3.04. The number of carbonyl (C=O) groups excluding carboxylic acids is 1. The summed E-state index contributed by atoms with van der Waals surface area (Å²) < 4.78 is 15.6. The maximum absolute atomic E-state index is 11.9. The molecule has 0 aliphatic carbocycles. The van der Waals surface area contributed by atoms with Crippen molar-refractivity contribution >= 4 is 17.6 Å². The van der Waals surface area contributed by atoms with Crippen molar-refractivity contribution in [2.24, 2.45) is 0 Å². The van der Waals surface area contributed by atoms with E-state index in [0.29, 0.717) is 16.7 Å². The molecule has 6 heteroatoms. The summed E-state index contributed by atoms with van der Waals surface area (Å²) in [6.45, 7) is 0.163. The number of rotatable bonds is 6. The van der Waals surface area contributed by atoms with E-state index in [1.54, 1.807) is 50.7 Å². The maximum atomic E-state index is 11.9. The molecule has 0 amide bonds. The third-order valence-corrected chi connectivity index (χ3v) is 3.21. The number of halogens is 1. The summed E-state index contributed by atoms with van der Waals surface area (Å²) in [5, 5.41) is 0.403. The zero-order valence-corrected chi connectivity index (χ0v) is 13.1. The second-order valence-electron chi connectivity index (χ2n) is 4.52. The number of hydrogen-bond donors (Lipinski definition) is 0. The SMILES string of the molecule is COc1ccc(CC(=O)OCc2ccc(Cl)nc2)cc1OC. The average molecular weight is 322 g/mol. The minimum Gasteiger partial charge on any atom is -0.493 e. The fourth-order valence-electron chi connectivity index (χ4n) is 1.86. The first kappa shape index (κ1) is 16.1. The third kappa shape index (κ3) is 4.36. The number of carbonyl (C=O) groups is 1. The number of nitrogens with zero attached hydrogens (tertiary/aromatic N) is 1. The molecule has 1 aromatic carbocycles. The van der Waals surface area contributed by atoms with Gasteiger partial charge in [-0.2, -0.15) is 0 Å². The first-order chi connectivity index (χ1) is 10.6. The minimum atomic E-state index is -0.331. The van der Waals surface area contributed by atoms with Gasteiger partial charge in [0.15, 0.2) is 11.5 Å². The molecule has 0 unspecified atom stereocenters. The Bertz CT molecular complexity index is 643. The smallest absolute Gasteiger partial charge is 0.310 e. The van der Waals surface area contributed by atoms with Crippen LogP contribution < -0.4 is 9.47 Å². The van der Waals surface area contributed by atoms with Crippen molar-refractivity contribution in [3.63, 3.8) is 0 Å². The van der Waals surface area contributed by atoms with E-state index >= 15 is 0 Å². The van der Waals surface area contributed by atoms with Crippen LogP contribution in [0.5, 0.6) is 11.5 Å². The summed E-state index contributed by atoms with van der Waals surface area (Å²) in [6, 6.07) is 8.72. The van der Waals surface area contributed by atoms with Crippen molar-refractivity contribution in [1.29, 1.82) is 0 Å². The molecule has 0 radical (unpaired) electrons. The molecule has 0 aliphatic heterocycles. The van der Waals surface area contributed by atoms with Crippen molar-refractivity contribution in [3.05, 3.63) is 52.8 Å². The number of ether oxygens (including phenoxy) is 3. The maximum Gasteiger partial charge on any atom is 0.310 e. The molecule has 1 aromatic heterocycles. The summed E-state index contributed by atoms with van der Waals surface area (Å²) in [5.74, 6) is 0.865. The Morgan fingerprint density at radius 1 is 1.09 bits per heavy atom. The number of esters is 1. The molecule has 1 heterocycles. The van der Waals surface area contributed by atoms with Crippen LogP contribution >= 0.6 is 11.6 Å². The van der Waals surface area contributed by atoms with Gasteiger partial charge in [-0.05, 0) is 23.8 Å². The van der Waals surface area contributed by atoms with Gasteiger partial charge >= 0.3 is 5.97 Å². The molecule has 0 saturated carbocycles. The van der Waals surface area contributed by atoms with Gasteiger partial charge < -0.3 is 14.2 Å². The molecule has 0 spiro atoms. The Balaban J connectivity index is 1.93. The van der Waals surface area contributed by atoms with Crippen LogP contribution in [0.15, 0.2) is 36.5 Å². The Hall–Kier alpha value is -2.27. The molecular formula is C16H16ClNO4. The summed E-state index contributed by atoms with van der Waals surface area (Å²) in [4.78, 5) is 15.8. The highest BCUT2D eigenvalue weighted by Gasteiger charge is 2.09. The topological polar surface area (TPSA) is 57.7 Å². The lowest BCUT2D eigenvalue weighted by Gasteiger charge is -2.09. The van der Waals surface area contributed by atoms with Crippen LogP contribution in [0.3, 0.4) is 0 Å². The van der Waals surface area contributed by atoms with Crippen LogP contribution in [-0.2, 0) is 22.6 Å². The summed E-state index contributed by atoms with van der Waals surface area (Å²) in [6.07, 6.45) is 1.73. The Labute approximate surface area is 133 Å². The second-order valence-corrected chi connectivity index (χ2v) is 4.90. The molecule has 0 atom stereocenters. The Morgan fingerprint density at radius 3 is 2.45 bits per heavy atom. The zero-order valence-electron chi connectivity index (χ0n) is 12.3. The van der Waals surface area contributed by atoms with E-state index in [2.05, 4.69) is 4.98 Å². The largest absolute Gasteiger partial charge is 0.493 e. The molecule has 0 saturated heterocycles. The number of benzene rings is 1. The van der Waals surface area contributed by atoms with Gasteiger partial charge in [-0.25, -0.2) is 4.98 Å². The monoisotopic (exact) mass is 321 g/mol. The number of methoxy groups -OCH3 is 2. The van der Waals surface area contributed by atoms with E-state index in [0.717, 1.165) is 11.1 Å². The lowest BCUT2D eigenvalue weighted by molar-refractivity contribution is -0.144. The first-order valence-corrected chi connectivity index (χ1v) is 6.97. The third-order valence-electron chi connectivity index (χ3n) is 2.98. The Kier molecular flexibility index (Phi) is 5.61. The minimum absolute atomic E-state index is 0.154. The summed E-state index contributed by atoms with van der Waals surface area (Å²) >= 11 is 5.69. The quantitative estimate of drug-likeness (QED) is 0.604. The van der Waals surface area contributed by atoms with Gasteiger partial charge in [-0.3, -0.25) is 4.79 Å². The number of pyridine rings is 1. The molecule has 0 bridgehead atoms. The van der Waals surface area contributed by atoms with Crippen LogP contribution in [0, 0.1) is 0 Å². The van der Waals surface area contributed by atoms with Crippen LogP contribution in [-0.4, -0.2) is 25.2 Å². The highest BCUT2D eigenvalue weighted by molar-refractivity contribution is 6.29. The second kappa shape index (κ2) is 7.66. The van der Waals surface area contributed by atoms with Crippen LogP contribution in [0.4, 0.5) is 0 Å². The lowest BCUT2D eigenvalue weighted by Crippen LogP contribution is -2.08. The van der Waals surface area contributed by atoms with Crippen LogP contribution in [0.2, 0.25) is 5.15 Å². The van der Waals surface area contributed by atoms with Crippen molar-refractivity contribution < 1.29 is 19.0 Å². The predicted molar refractivity (Wildman–Crippen MR) is 82.3 cm³/mol. The fraction of sp³-hybridized carbons (Fsp3) is 0.250. The lowest BCUT2D eigenvalue weighted by atomic mass is 10.1. The fourth-order valence-corrected chi connectivity index (χ4v) is 1.98. The summed E-state index contributed by atoms with van der Waals surface area (Å²) in [5.41, 5.74) is 1.57. The zero-order chi connectivity index (χ0) is 15.9. The van der Waals surface area contributed by atoms with Crippen LogP contribution in [0.1, 0.15) is 11.1 Å². The standard InChI is InChI=1S/C16H16ClNO4/c1-20-13-5-3-11(7-14(13)21-2)8-16(19)22-10-12-4-6-15(17)18-9-12/h3-7,9H,8,10H2,1-2H3. The van der Waals surface area contributed by atoms with Gasteiger partial charge in [-0.1, -0.05) is 23.7 Å². The normalized spacial score (nSPS) is 10.1. The van der Waals surface area contributed by atoms with Crippen molar-refractivity contribution in [3.8, 4) is 11.5 Å². The molecule has 0 aliphatic rings. The number of aromatic nitrogens is 1. The van der Waals surface area contributed by atoms with Crippen LogP contribution in [0.25, 0.3) is 0 Å². The van der Waals surface area contributed by atoms with Crippen molar-refractivity contribution in [2.75, 3.05) is 14.2 Å². The molecule has 22 heavy (non-hydrogen) atoms. The number of hydrogen-bond acceptors (Lipinski definition) is 5. The average Bonchev–Trinajstić information content (AvgIpc) is 2.54. The molecule has 0 N–H and O–H groups in total. The molecule has 5 nitrogen and oxygen atoms in total. The highest BCUT2D eigenvalue weighted by Crippen LogP contribution is 2.27. The van der Waals surface area contributed by atoms with Gasteiger partial charge in [-0.15, -0.1) is 0 Å². The Morgan fingerprint density at radius 2 is 1.82 bits per heavy atom. The molecule has 0 fully saturated rings. The van der Waals surface area contributed by atoms with Gasteiger partial charge in [0.05, 0.1) is 20.6 Å². The van der Waals surface area contributed by atoms with E-state index in [1.807, 2.05) is 0 Å². The van der Waals surface area contributed by atoms with Gasteiger partial charge in [0.1, 0.15) is 11.8 Å². The van der Waals surface area contributed by atoms with Crippen molar-refractivity contribution in [2.45, 2.75) is 13.0 Å². The van der Waals surface area contributed by atoms with E-state index < -0.39 is 0 Å².